The highest BCUT2D eigenvalue weighted by atomic mass is 32.1. The van der Waals surface area contributed by atoms with Gasteiger partial charge >= 0.3 is 0 Å². The van der Waals surface area contributed by atoms with Gasteiger partial charge in [-0.15, -0.1) is 11.3 Å². The second kappa shape index (κ2) is 5.72. The number of nitrogen functional groups attached to an aromatic ring is 1. The Bertz CT molecular complexity index is 612. The zero-order chi connectivity index (χ0) is 13.8. The molecule has 1 unspecified atom stereocenters. The van der Waals surface area contributed by atoms with Crippen LogP contribution < -0.4 is 11.1 Å². The van der Waals surface area contributed by atoms with Crippen molar-refractivity contribution in [1.82, 2.24) is 4.98 Å². The molecule has 19 heavy (non-hydrogen) atoms. The van der Waals surface area contributed by atoms with E-state index in [1.54, 1.807) is 23.5 Å². The number of nitrogens with two attached hydrogens (primary N) is 1. The average molecular weight is 272 g/mol. The van der Waals surface area contributed by atoms with Gasteiger partial charge in [0, 0.05) is 22.4 Å². The summed E-state index contributed by atoms with van der Waals surface area (Å²) in [5.41, 5.74) is 7.58. The summed E-state index contributed by atoms with van der Waals surface area (Å²) in [4.78, 5) is 5.69. The van der Waals surface area contributed by atoms with Crippen molar-refractivity contribution in [2.45, 2.75) is 26.3 Å². The molecular formula is C14H16N4S. The van der Waals surface area contributed by atoms with E-state index in [2.05, 4.69) is 30.2 Å². The van der Waals surface area contributed by atoms with E-state index in [0.717, 1.165) is 17.1 Å². The van der Waals surface area contributed by atoms with E-state index in [0.29, 0.717) is 11.3 Å². The zero-order valence-corrected chi connectivity index (χ0v) is 11.8. The van der Waals surface area contributed by atoms with Gasteiger partial charge in [0.05, 0.1) is 11.6 Å². The van der Waals surface area contributed by atoms with Gasteiger partial charge in [0.15, 0.2) is 0 Å². The molecule has 98 valence electrons. The summed E-state index contributed by atoms with van der Waals surface area (Å²) in [5.74, 6) is 0. The van der Waals surface area contributed by atoms with Gasteiger partial charge in [0.2, 0.25) is 0 Å². The molecule has 0 amide bonds. The molecule has 1 aromatic carbocycles. The summed E-state index contributed by atoms with van der Waals surface area (Å²) >= 11 is 1.71. The predicted molar refractivity (Wildman–Crippen MR) is 79.1 cm³/mol. The van der Waals surface area contributed by atoms with E-state index < -0.39 is 0 Å². The lowest BCUT2D eigenvalue weighted by atomic mass is 10.1. The van der Waals surface area contributed by atoms with Crippen molar-refractivity contribution in [2.75, 3.05) is 11.1 Å². The Morgan fingerprint density at radius 1 is 1.53 bits per heavy atom. The van der Waals surface area contributed by atoms with Gasteiger partial charge in [0.1, 0.15) is 11.1 Å². The fourth-order valence-corrected chi connectivity index (χ4v) is 2.60. The first kappa shape index (κ1) is 13.4. The van der Waals surface area contributed by atoms with Crippen LogP contribution in [0, 0.1) is 11.3 Å². The molecule has 0 bridgehead atoms. The number of thiazole rings is 1. The van der Waals surface area contributed by atoms with Gasteiger partial charge in [-0.1, -0.05) is 6.92 Å². The lowest BCUT2D eigenvalue weighted by molar-refractivity contribution is 0.869. The van der Waals surface area contributed by atoms with Crippen LogP contribution in [0.1, 0.15) is 35.3 Å². The highest BCUT2D eigenvalue weighted by Crippen LogP contribution is 2.25. The number of nitriles is 1. The van der Waals surface area contributed by atoms with Crippen LogP contribution in [0.15, 0.2) is 24.4 Å². The largest absolute Gasteiger partial charge is 0.398 e. The van der Waals surface area contributed by atoms with E-state index in [9.17, 15) is 0 Å². The smallest absolute Gasteiger partial charge is 0.115 e. The molecule has 0 aliphatic heterocycles. The van der Waals surface area contributed by atoms with Gasteiger partial charge in [-0.3, -0.25) is 0 Å². The molecule has 4 nitrogen and oxygen atoms in total. The first-order valence-electron chi connectivity index (χ1n) is 6.14. The molecule has 1 aromatic heterocycles. The number of hydrogen-bond donors (Lipinski definition) is 2. The Labute approximate surface area is 116 Å². The standard InChI is InChI=1S/C14H16N4S/c1-3-12-8-17-14(19-12)9(2)18-11-4-5-13(16)10(6-11)7-15/h4-6,8-9,18H,3,16H2,1-2H3. The minimum atomic E-state index is 0.112. The van der Waals surface area contributed by atoms with E-state index in [4.69, 9.17) is 11.0 Å². The highest BCUT2D eigenvalue weighted by molar-refractivity contribution is 7.11. The molecule has 0 radical (unpaired) electrons. The van der Waals surface area contributed by atoms with E-state index in [-0.39, 0.29) is 6.04 Å². The fraction of sp³-hybridized carbons (Fsp3) is 0.286. The van der Waals surface area contributed by atoms with Crippen LogP contribution in [0.4, 0.5) is 11.4 Å². The Kier molecular flexibility index (Phi) is 4.03. The average Bonchev–Trinajstić information content (AvgIpc) is 2.90. The molecule has 3 N–H and O–H groups in total. The number of hydrogen-bond acceptors (Lipinski definition) is 5. The second-order valence-corrected chi connectivity index (χ2v) is 5.45. The van der Waals surface area contributed by atoms with Crippen LogP contribution >= 0.6 is 11.3 Å². The molecule has 2 aromatic rings. The maximum atomic E-state index is 8.96. The zero-order valence-electron chi connectivity index (χ0n) is 11.0. The van der Waals surface area contributed by atoms with E-state index >= 15 is 0 Å². The predicted octanol–water partition coefficient (Wildman–Crippen LogP) is 3.33. The molecule has 0 aliphatic carbocycles. The van der Waals surface area contributed by atoms with Crippen molar-refractivity contribution < 1.29 is 0 Å². The maximum absolute atomic E-state index is 8.96. The molecule has 0 aliphatic rings. The molecule has 0 saturated carbocycles. The number of anilines is 2. The van der Waals surface area contributed by atoms with Crippen LogP contribution in [0.25, 0.3) is 0 Å². The second-order valence-electron chi connectivity index (χ2n) is 4.30. The Balaban J connectivity index is 2.14. The third kappa shape index (κ3) is 3.04. The number of rotatable bonds is 4. The van der Waals surface area contributed by atoms with Crippen molar-refractivity contribution >= 4 is 22.7 Å². The van der Waals surface area contributed by atoms with Gasteiger partial charge < -0.3 is 11.1 Å². The van der Waals surface area contributed by atoms with Crippen molar-refractivity contribution in [1.29, 1.82) is 5.26 Å². The molecule has 0 saturated heterocycles. The van der Waals surface area contributed by atoms with Crippen molar-refractivity contribution in [3.63, 3.8) is 0 Å². The summed E-state index contributed by atoms with van der Waals surface area (Å²) < 4.78 is 0. The minimum absolute atomic E-state index is 0.112. The SMILES string of the molecule is CCc1cnc(C(C)Nc2ccc(N)c(C#N)c2)s1. The van der Waals surface area contributed by atoms with Gasteiger partial charge in [-0.05, 0) is 31.5 Å². The van der Waals surface area contributed by atoms with Gasteiger partial charge in [-0.25, -0.2) is 4.98 Å². The number of benzene rings is 1. The van der Waals surface area contributed by atoms with Crippen LogP contribution in [0.2, 0.25) is 0 Å². The minimum Gasteiger partial charge on any atom is -0.398 e. The Morgan fingerprint density at radius 3 is 2.95 bits per heavy atom. The third-order valence-corrected chi connectivity index (χ3v) is 4.17. The van der Waals surface area contributed by atoms with Crippen LogP contribution in [0.3, 0.4) is 0 Å². The quantitative estimate of drug-likeness (QED) is 0.837. The summed E-state index contributed by atoms with van der Waals surface area (Å²) in [6.07, 6.45) is 2.92. The molecule has 0 fully saturated rings. The lowest BCUT2D eigenvalue weighted by Crippen LogP contribution is -2.06. The van der Waals surface area contributed by atoms with Gasteiger partial charge in [0.25, 0.3) is 0 Å². The highest BCUT2D eigenvalue weighted by Gasteiger charge is 2.10. The van der Waals surface area contributed by atoms with Crippen LogP contribution in [0.5, 0.6) is 0 Å². The number of aromatic nitrogens is 1. The lowest BCUT2D eigenvalue weighted by Gasteiger charge is -2.13. The number of nitrogens with one attached hydrogen (secondary N) is 1. The first-order chi connectivity index (χ1) is 9.13. The normalized spacial score (nSPS) is 11.8. The molecule has 5 heteroatoms. The van der Waals surface area contributed by atoms with E-state index in [1.807, 2.05) is 12.3 Å². The number of aryl methyl sites for hydroxylation is 1. The summed E-state index contributed by atoms with van der Waals surface area (Å²) in [5, 5.41) is 13.3. The van der Waals surface area contributed by atoms with Crippen molar-refractivity contribution in [2.24, 2.45) is 0 Å². The molecule has 1 atom stereocenters. The fourth-order valence-electron chi connectivity index (χ4n) is 1.74. The van der Waals surface area contributed by atoms with Gasteiger partial charge in [-0.2, -0.15) is 5.26 Å². The van der Waals surface area contributed by atoms with Crippen LogP contribution in [-0.4, -0.2) is 4.98 Å². The molecular weight excluding hydrogens is 256 g/mol. The maximum Gasteiger partial charge on any atom is 0.115 e. The van der Waals surface area contributed by atoms with Crippen molar-refractivity contribution in [3.05, 3.63) is 39.8 Å². The topological polar surface area (TPSA) is 74.7 Å². The van der Waals surface area contributed by atoms with Crippen LogP contribution in [-0.2, 0) is 6.42 Å². The van der Waals surface area contributed by atoms with Crippen molar-refractivity contribution in [3.8, 4) is 6.07 Å². The Morgan fingerprint density at radius 2 is 2.32 bits per heavy atom. The number of nitrogens with zero attached hydrogens (tertiary/aromatic N) is 2. The summed E-state index contributed by atoms with van der Waals surface area (Å²) in [6.45, 7) is 4.18. The summed E-state index contributed by atoms with van der Waals surface area (Å²) in [7, 11) is 0. The monoisotopic (exact) mass is 272 g/mol. The molecule has 2 rings (SSSR count). The Hall–Kier alpha value is -2.06. The molecule has 1 heterocycles. The van der Waals surface area contributed by atoms with E-state index in [1.165, 1.54) is 4.88 Å². The first-order valence-corrected chi connectivity index (χ1v) is 6.96. The third-order valence-electron chi connectivity index (χ3n) is 2.85. The molecule has 0 spiro atoms. The summed E-state index contributed by atoms with van der Waals surface area (Å²) in [6, 6.07) is 7.58.